The Balaban J connectivity index is 1.53. The molecule has 0 bridgehead atoms. The van der Waals surface area contributed by atoms with Gasteiger partial charge in [0.1, 0.15) is 10.7 Å². The number of likely N-dealkylation sites (tertiary alicyclic amines) is 1. The largest absolute Gasteiger partial charge is 0.452 e. The number of rotatable bonds is 5. The Hall–Kier alpha value is -2.00. The van der Waals surface area contributed by atoms with Crippen LogP contribution in [-0.2, 0) is 24.3 Å². The predicted octanol–water partition coefficient (Wildman–Crippen LogP) is 2.56. The number of sulfonamides is 1. The van der Waals surface area contributed by atoms with E-state index in [9.17, 15) is 22.4 Å². The van der Waals surface area contributed by atoms with Crippen LogP contribution < -0.4 is 0 Å². The molecule has 7 nitrogen and oxygen atoms in total. The topological polar surface area (TPSA) is 84.0 Å². The van der Waals surface area contributed by atoms with Crippen molar-refractivity contribution in [3.05, 3.63) is 30.1 Å². The molecule has 0 radical (unpaired) electrons. The summed E-state index contributed by atoms with van der Waals surface area (Å²) >= 11 is 0. The second kappa shape index (κ2) is 9.87. The van der Waals surface area contributed by atoms with Crippen molar-refractivity contribution in [3.63, 3.8) is 0 Å². The molecule has 2 fully saturated rings. The maximum Gasteiger partial charge on any atom is 0.309 e. The van der Waals surface area contributed by atoms with E-state index in [4.69, 9.17) is 4.74 Å². The molecule has 0 N–H and O–H groups in total. The number of amides is 1. The summed E-state index contributed by atoms with van der Waals surface area (Å²) in [6, 6.07) is 5.26. The van der Waals surface area contributed by atoms with Crippen LogP contribution in [0.25, 0.3) is 0 Å². The third-order valence-electron chi connectivity index (χ3n) is 5.80. The number of ether oxygens (including phenoxy) is 1. The van der Waals surface area contributed by atoms with E-state index in [0.717, 1.165) is 31.7 Å². The van der Waals surface area contributed by atoms with Gasteiger partial charge in [-0.2, -0.15) is 4.31 Å². The molecule has 0 aliphatic carbocycles. The molecule has 0 aromatic heterocycles. The van der Waals surface area contributed by atoms with Gasteiger partial charge in [-0.05, 0) is 44.7 Å². The maximum atomic E-state index is 13.9. The smallest absolute Gasteiger partial charge is 0.309 e. The molecule has 1 atom stereocenters. The van der Waals surface area contributed by atoms with Crippen LogP contribution in [-0.4, -0.2) is 61.8 Å². The monoisotopic (exact) mass is 440 g/mol. The van der Waals surface area contributed by atoms with E-state index in [1.807, 2.05) is 0 Å². The van der Waals surface area contributed by atoms with Gasteiger partial charge in [0, 0.05) is 26.2 Å². The first-order valence-electron chi connectivity index (χ1n) is 10.5. The minimum atomic E-state index is -3.95. The molecule has 30 heavy (non-hydrogen) atoms. The summed E-state index contributed by atoms with van der Waals surface area (Å²) in [6.45, 7) is 3.17. The zero-order valence-electron chi connectivity index (χ0n) is 17.3. The van der Waals surface area contributed by atoms with Gasteiger partial charge in [-0.15, -0.1) is 0 Å². The van der Waals surface area contributed by atoms with E-state index < -0.39 is 33.8 Å². The van der Waals surface area contributed by atoms with Crippen LogP contribution in [0.15, 0.2) is 29.2 Å². The normalized spacial score (nSPS) is 20.4. The first-order chi connectivity index (χ1) is 14.3. The fourth-order valence-corrected chi connectivity index (χ4v) is 5.53. The van der Waals surface area contributed by atoms with Gasteiger partial charge in [0.25, 0.3) is 5.91 Å². The molecule has 0 saturated carbocycles. The van der Waals surface area contributed by atoms with Gasteiger partial charge in [-0.25, -0.2) is 12.8 Å². The molecule has 2 aliphatic rings. The Morgan fingerprint density at radius 1 is 1.03 bits per heavy atom. The van der Waals surface area contributed by atoms with Gasteiger partial charge in [-0.1, -0.05) is 25.0 Å². The van der Waals surface area contributed by atoms with Crippen molar-refractivity contribution in [1.29, 1.82) is 0 Å². The SMILES string of the molecule is C[C@H](OC(=O)C1CCN(S(=O)(=O)c2ccccc2F)CC1)C(=O)N1CCCCCC1. The molecule has 166 valence electrons. The average molecular weight is 441 g/mol. The van der Waals surface area contributed by atoms with Crippen LogP contribution in [0.3, 0.4) is 0 Å². The van der Waals surface area contributed by atoms with Crippen molar-refractivity contribution in [2.75, 3.05) is 26.2 Å². The fraction of sp³-hybridized carbons (Fsp3) is 0.619. The van der Waals surface area contributed by atoms with Crippen molar-refractivity contribution >= 4 is 21.9 Å². The zero-order valence-corrected chi connectivity index (χ0v) is 18.1. The number of piperidine rings is 1. The van der Waals surface area contributed by atoms with Gasteiger partial charge in [0.05, 0.1) is 5.92 Å². The van der Waals surface area contributed by atoms with E-state index in [2.05, 4.69) is 0 Å². The van der Waals surface area contributed by atoms with Crippen molar-refractivity contribution in [2.45, 2.75) is 56.4 Å². The fourth-order valence-electron chi connectivity index (χ4n) is 3.99. The molecule has 1 aromatic carbocycles. The second-order valence-electron chi connectivity index (χ2n) is 7.93. The van der Waals surface area contributed by atoms with E-state index in [0.29, 0.717) is 13.1 Å². The van der Waals surface area contributed by atoms with E-state index >= 15 is 0 Å². The number of hydrogen-bond donors (Lipinski definition) is 0. The number of carbonyl (C=O) groups excluding carboxylic acids is 2. The number of nitrogens with zero attached hydrogens (tertiary/aromatic N) is 2. The highest BCUT2D eigenvalue weighted by molar-refractivity contribution is 7.89. The van der Waals surface area contributed by atoms with Gasteiger partial charge < -0.3 is 9.64 Å². The number of carbonyl (C=O) groups is 2. The van der Waals surface area contributed by atoms with Crippen molar-refractivity contribution in [2.24, 2.45) is 5.92 Å². The lowest BCUT2D eigenvalue weighted by atomic mass is 9.98. The second-order valence-corrected chi connectivity index (χ2v) is 9.83. The molecule has 0 unspecified atom stereocenters. The Bertz CT molecular complexity index is 860. The molecule has 3 rings (SSSR count). The summed E-state index contributed by atoms with van der Waals surface area (Å²) in [7, 11) is -3.95. The summed E-state index contributed by atoms with van der Waals surface area (Å²) < 4.78 is 45.9. The van der Waals surface area contributed by atoms with Crippen LogP contribution in [0, 0.1) is 11.7 Å². The quantitative estimate of drug-likeness (QED) is 0.657. The van der Waals surface area contributed by atoms with E-state index in [1.165, 1.54) is 22.5 Å². The highest BCUT2D eigenvalue weighted by atomic mass is 32.2. The summed E-state index contributed by atoms with van der Waals surface area (Å²) in [6.07, 6.45) is 3.83. The third-order valence-corrected chi connectivity index (χ3v) is 7.73. The first-order valence-corrected chi connectivity index (χ1v) is 12.0. The highest BCUT2D eigenvalue weighted by Gasteiger charge is 2.35. The molecule has 2 heterocycles. The number of hydrogen-bond acceptors (Lipinski definition) is 5. The van der Waals surface area contributed by atoms with Crippen molar-refractivity contribution in [3.8, 4) is 0 Å². The number of benzene rings is 1. The van der Waals surface area contributed by atoms with Gasteiger partial charge >= 0.3 is 5.97 Å². The maximum absolute atomic E-state index is 13.9. The molecular formula is C21H29FN2O5S. The number of esters is 1. The van der Waals surface area contributed by atoms with Crippen LogP contribution in [0.5, 0.6) is 0 Å². The lowest BCUT2D eigenvalue weighted by Crippen LogP contribution is -2.43. The predicted molar refractivity (Wildman–Crippen MR) is 108 cm³/mol. The standard InChI is InChI=1S/C21H29FN2O5S/c1-16(20(25)23-12-6-2-3-7-13-23)29-21(26)17-10-14-24(15-11-17)30(27,28)19-9-5-4-8-18(19)22/h4-5,8-9,16-17H,2-3,6-7,10-15H2,1H3/t16-/m0/s1. The average Bonchev–Trinajstić information content (AvgIpc) is 3.03. The van der Waals surface area contributed by atoms with Crippen molar-refractivity contribution < 1.29 is 27.1 Å². The molecule has 0 spiro atoms. The lowest BCUT2D eigenvalue weighted by Gasteiger charge is -2.31. The molecular weight excluding hydrogens is 411 g/mol. The summed E-state index contributed by atoms with van der Waals surface area (Å²) in [5, 5.41) is 0. The van der Waals surface area contributed by atoms with E-state index in [1.54, 1.807) is 11.8 Å². The first kappa shape index (κ1) is 22.7. The Morgan fingerprint density at radius 3 is 2.23 bits per heavy atom. The van der Waals surface area contributed by atoms with E-state index in [-0.39, 0.29) is 36.7 Å². The molecule has 1 aromatic rings. The number of halogens is 1. The van der Waals surface area contributed by atoms with Gasteiger partial charge in [0.2, 0.25) is 10.0 Å². The Kier molecular flexibility index (Phi) is 7.46. The van der Waals surface area contributed by atoms with Crippen LogP contribution in [0.4, 0.5) is 4.39 Å². The lowest BCUT2D eigenvalue weighted by molar-refractivity contribution is -0.163. The van der Waals surface area contributed by atoms with Gasteiger partial charge in [0.15, 0.2) is 6.10 Å². The van der Waals surface area contributed by atoms with Crippen LogP contribution in [0.1, 0.15) is 45.4 Å². The van der Waals surface area contributed by atoms with Gasteiger partial charge in [-0.3, -0.25) is 9.59 Å². The Labute approximate surface area is 177 Å². The molecule has 9 heteroatoms. The molecule has 1 amide bonds. The summed E-state index contributed by atoms with van der Waals surface area (Å²) in [4.78, 5) is 26.5. The summed E-state index contributed by atoms with van der Waals surface area (Å²) in [5.74, 6) is -1.92. The van der Waals surface area contributed by atoms with Crippen LogP contribution >= 0.6 is 0 Å². The zero-order chi connectivity index (χ0) is 21.7. The Morgan fingerprint density at radius 2 is 1.63 bits per heavy atom. The van der Waals surface area contributed by atoms with Crippen LogP contribution in [0.2, 0.25) is 0 Å². The van der Waals surface area contributed by atoms with Crippen molar-refractivity contribution in [1.82, 2.24) is 9.21 Å². The molecule has 2 saturated heterocycles. The highest BCUT2D eigenvalue weighted by Crippen LogP contribution is 2.26. The third kappa shape index (κ3) is 5.18. The minimum absolute atomic E-state index is 0.102. The minimum Gasteiger partial charge on any atom is -0.452 e. The summed E-state index contributed by atoms with van der Waals surface area (Å²) in [5.41, 5.74) is 0. The molecule has 2 aliphatic heterocycles.